The Morgan fingerprint density at radius 3 is 2.32 bits per heavy atom. The monoisotopic (exact) mass is 334 g/mol. The fourth-order valence-electron chi connectivity index (χ4n) is 2.17. The molecule has 1 amide bonds. The number of nitriles is 1. The molecule has 0 radical (unpaired) electrons. The van der Waals surface area contributed by atoms with Crippen LogP contribution < -0.4 is 5.32 Å². The summed E-state index contributed by atoms with van der Waals surface area (Å²) in [6, 6.07) is 20.0. The fraction of sp³-hybridized carbons (Fsp3) is 0.150. The lowest BCUT2D eigenvalue weighted by Crippen LogP contribution is -2.31. The first kappa shape index (κ1) is 18.0. The Bertz CT molecular complexity index is 793. The Balaban J connectivity index is 1.89. The second-order valence-corrected chi connectivity index (χ2v) is 5.36. The van der Waals surface area contributed by atoms with Gasteiger partial charge >= 0.3 is 5.97 Å². The molecule has 126 valence electrons. The quantitative estimate of drug-likeness (QED) is 0.500. The molecule has 0 aliphatic rings. The van der Waals surface area contributed by atoms with Gasteiger partial charge in [0.25, 0.3) is 5.91 Å². The van der Waals surface area contributed by atoms with Crippen molar-refractivity contribution in [3.05, 3.63) is 77.4 Å². The van der Waals surface area contributed by atoms with Gasteiger partial charge in [0.05, 0.1) is 6.04 Å². The summed E-state index contributed by atoms with van der Waals surface area (Å²) >= 11 is 0. The van der Waals surface area contributed by atoms with Crippen molar-refractivity contribution in [1.29, 1.82) is 5.26 Å². The molecule has 5 heteroatoms. The summed E-state index contributed by atoms with van der Waals surface area (Å²) in [4.78, 5) is 23.9. The molecule has 0 aliphatic carbocycles. The predicted octanol–water partition coefficient (Wildman–Crippen LogP) is 3.01. The summed E-state index contributed by atoms with van der Waals surface area (Å²) < 4.78 is 4.92. The zero-order valence-corrected chi connectivity index (χ0v) is 13.8. The third kappa shape index (κ3) is 5.63. The average molecular weight is 334 g/mol. The Morgan fingerprint density at radius 1 is 1.12 bits per heavy atom. The number of nitrogens with one attached hydrogen (secondary N) is 1. The SMILES string of the molecule is CC(NC(=O)COC(=O)/C(C#N)=C/c1ccccc1)c1ccccc1. The Morgan fingerprint density at radius 2 is 1.72 bits per heavy atom. The van der Waals surface area contributed by atoms with Crippen LogP contribution in [0.25, 0.3) is 6.08 Å². The van der Waals surface area contributed by atoms with E-state index in [4.69, 9.17) is 10.00 Å². The highest BCUT2D eigenvalue weighted by Gasteiger charge is 2.15. The van der Waals surface area contributed by atoms with Gasteiger partial charge in [-0.3, -0.25) is 4.79 Å². The van der Waals surface area contributed by atoms with Gasteiger partial charge in [0.15, 0.2) is 6.61 Å². The number of rotatable bonds is 6. The maximum absolute atomic E-state index is 11.9. The smallest absolute Gasteiger partial charge is 0.349 e. The minimum atomic E-state index is -0.825. The largest absolute Gasteiger partial charge is 0.451 e. The van der Waals surface area contributed by atoms with E-state index in [2.05, 4.69) is 5.32 Å². The van der Waals surface area contributed by atoms with Crippen molar-refractivity contribution in [1.82, 2.24) is 5.32 Å². The van der Waals surface area contributed by atoms with E-state index in [0.29, 0.717) is 5.56 Å². The van der Waals surface area contributed by atoms with Gasteiger partial charge in [-0.15, -0.1) is 0 Å². The number of hydrogen-bond donors (Lipinski definition) is 1. The number of nitrogens with zero attached hydrogens (tertiary/aromatic N) is 1. The first-order valence-corrected chi connectivity index (χ1v) is 7.78. The van der Waals surface area contributed by atoms with Gasteiger partial charge in [0.2, 0.25) is 0 Å². The average Bonchev–Trinajstić information content (AvgIpc) is 2.65. The third-order valence-electron chi connectivity index (χ3n) is 3.46. The van der Waals surface area contributed by atoms with Crippen LogP contribution in [0.15, 0.2) is 66.2 Å². The molecule has 0 fully saturated rings. The van der Waals surface area contributed by atoms with Crippen LogP contribution in [0.2, 0.25) is 0 Å². The van der Waals surface area contributed by atoms with Gasteiger partial charge < -0.3 is 10.1 Å². The molecule has 0 aliphatic heterocycles. The van der Waals surface area contributed by atoms with E-state index >= 15 is 0 Å². The lowest BCUT2D eigenvalue weighted by Gasteiger charge is -2.14. The summed E-state index contributed by atoms with van der Waals surface area (Å²) in [6.07, 6.45) is 1.42. The van der Waals surface area contributed by atoms with Crippen LogP contribution in [-0.4, -0.2) is 18.5 Å². The van der Waals surface area contributed by atoms with E-state index in [1.165, 1.54) is 6.08 Å². The summed E-state index contributed by atoms with van der Waals surface area (Å²) in [5, 5.41) is 11.8. The molecule has 2 rings (SSSR count). The van der Waals surface area contributed by atoms with E-state index in [1.807, 2.05) is 43.3 Å². The van der Waals surface area contributed by atoms with Crippen molar-refractivity contribution >= 4 is 18.0 Å². The summed E-state index contributed by atoms with van der Waals surface area (Å²) in [7, 11) is 0. The number of carbonyl (C=O) groups is 2. The van der Waals surface area contributed by atoms with Crippen molar-refractivity contribution in [3.8, 4) is 6.07 Å². The van der Waals surface area contributed by atoms with Crippen LogP contribution in [-0.2, 0) is 14.3 Å². The van der Waals surface area contributed by atoms with E-state index in [1.54, 1.807) is 30.3 Å². The van der Waals surface area contributed by atoms with Gasteiger partial charge in [0, 0.05) is 0 Å². The molecule has 0 saturated carbocycles. The Labute approximate surface area is 146 Å². The standard InChI is InChI=1S/C20H18N2O3/c1-15(17-10-6-3-7-11-17)22-19(23)14-25-20(24)18(13-21)12-16-8-4-2-5-9-16/h2-12,15H,14H2,1H3,(H,22,23)/b18-12+. The zero-order chi connectivity index (χ0) is 18.1. The van der Waals surface area contributed by atoms with Crippen LogP contribution in [0.4, 0.5) is 0 Å². The number of carbonyl (C=O) groups excluding carboxylic acids is 2. The zero-order valence-electron chi connectivity index (χ0n) is 13.8. The molecule has 1 unspecified atom stereocenters. The van der Waals surface area contributed by atoms with Gasteiger partial charge in [-0.1, -0.05) is 60.7 Å². The third-order valence-corrected chi connectivity index (χ3v) is 3.46. The highest BCUT2D eigenvalue weighted by molar-refractivity contribution is 5.98. The predicted molar refractivity (Wildman–Crippen MR) is 94.0 cm³/mol. The highest BCUT2D eigenvalue weighted by atomic mass is 16.5. The molecule has 5 nitrogen and oxygen atoms in total. The van der Waals surface area contributed by atoms with Crippen LogP contribution >= 0.6 is 0 Å². The Kier molecular flexibility index (Phi) is 6.49. The second-order valence-electron chi connectivity index (χ2n) is 5.36. The van der Waals surface area contributed by atoms with Crippen molar-refractivity contribution in [3.63, 3.8) is 0 Å². The molecule has 1 N–H and O–H groups in total. The second kappa shape index (κ2) is 9.04. The number of hydrogen-bond acceptors (Lipinski definition) is 4. The Hall–Kier alpha value is -3.39. The first-order chi connectivity index (χ1) is 12.1. The number of esters is 1. The lowest BCUT2D eigenvalue weighted by atomic mass is 10.1. The molecule has 0 spiro atoms. The number of amides is 1. The molecule has 1 atom stereocenters. The molecular weight excluding hydrogens is 316 g/mol. The van der Waals surface area contributed by atoms with Crippen molar-refractivity contribution in [2.24, 2.45) is 0 Å². The molecule has 2 aromatic rings. The summed E-state index contributed by atoms with van der Waals surface area (Å²) in [5.41, 5.74) is 1.50. The molecule has 0 heterocycles. The van der Waals surface area contributed by atoms with Crippen LogP contribution in [0, 0.1) is 11.3 Å². The van der Waals surface area contributed by atoms with E-state index < -0.39 is 18.5 Å². The van der Waals surface area contributed by atoms with Crippen LogP contribution in [0.1, 0.15) is 24.1 Å². The fourth-order valence-corrected chi connectivity index (χ4v) is 2.17. The van der Waals surface area contributed by atoms with Gasteiger partial charge in [0.1, 0.15) is 11.6 Å². The van der Waals surface area contributed by atoms with Crippen molar-refractivity contribution in [2.45, 2.75) is 13.0 Å². The van der Waals surface area contributed by atoms with Crippen molar-refractivity contribution in [2.75, 3.05) is 6.61 Å². The maximum atomic E-state index is 11.9. The minimum Gasteiger partial charge on any atom is -0.451 e. The van der Waals surface area contributed by atoms with Gasteiger partial charge in [-0.05, 0) is 24.1 Å². The lowest BCUT2D eigenvalue weighted by molar-refractivity contribution is -0.144. The first-order valence-electron chi connectivity index (χ1n) is 7.78. The van der Waals surface area contributed by atoms with Gasteiger partial charge in [-0.25, -0.2) is 4.79 Å². The molecule has 0 saturated heterocycles. The number of ether oxygens (including phenoxy) is 1. The maximum Gasteiger partial charge on any atom is 0.349 e. The minimum absolute atomic E-state index is 0.157. The van der Waals surface area contributed by atoms with Crippen LogP contribution in [0.5, 0.6) is 0 Å². The summed E-state index contributed by atoms with van der Waals surface area (Å²) in [5.74, 6) is -1.25. The molecule has 0 bridgehead atoms. The topological polar surface area (TPSA) is 79.2 Å². The molecule has 25 heavy (non-hydrogen) atoms. The van der Waals surface area contributed by atoms with Crippen LogP contribution in [0.3, 0.4) is 0 Å². The van der Waals surface area contributed by atoms with E-state index in [0.717, 1.165) is 5.56 Å². The molecule has 2 aromatic carbocycles. The van der Waals surface area contributed by atoms with E-state index in [9.17, 15) is 9.59 Å². The molecular formula is C20H18N2O3. The normalized spacial score (nSPS) is 11.9. The summed E-state index contributed by atoms with van der Waals surface area (Å²) in [6.45, 7) is 1.40. The van der Waals surface area contributed by atoms with Crippen molar-refractivity contribution < 1.29 is 14.3 Å². The molecule has 0 aromatic heterocycles. The van der Waals surface area contributed by atoms with E-state index in [-0.39, 0.29) is 11.6 Å². The van der Waals surface area contributed by atoms with Gasteiger partial charge in [-0.2, -0.15) is 5.26 Å². The highest BCUT2D eigenvalue weighted by Crippen LogP contribution is 2.11. The number of benzene rings is 2.